The molecule has 0 aliphatic rings. The number of guanidine groups is 1. The molecule has 0 saturated heterocycles. The molecule has 0 bridgehead atoms. The van der Waals surface area contributed by atoms with Crippen molar-refractivity contribution in [3.8, 4) is 0 Å². The molecule has 0 aliphatic carbocycles. The molecular weight excluding hydrogens is 150 g/mol. The minimum absolute atomic E-state index is 0.418. The second-order valence-electron chi connectivity index (χ2n) is 3.80. The van der Waals surface area contributed by atoms with Crippen LogP contribution >= 0.6 is 0 Å². The van der Waals surface area contributed by atoms with Gasteiger partial charge in [-0.15, -0.1) is 0 Å². The van der Waals surface area contributed by atoms with Crippen molar-refractivity contribution in [3.63, 3.8) is 0 Å². The van der Waals surface area contributed by atoms with Gasteiger partial charge in [-0.3, -0.25) is 4.99 Å². The molecule has 0 aromatic carbocycles. The summed E-state index contributed by atoms with van der Waals surface area (Å²) in [6.45, 7) is 9.26. The van der Waals surface area contributed by atoms with E-state index in [0.29, 0.717) is 17.9 Å². The van der Waals surface area contributed by atoms with Crippen molar-refractivity contribution in [1.29, 1.82) is 0 Å². The van der Waals surface area contributed by atoms with Crippen LogP contribution in [0.1, 0.15) is 27.7 Å². The van der Waals surface area contributed by atoms with Gasteiger partial charge in [0.1, 0.15) is 0 Å². The molecular formula is C9H21N3. The minimum Gasteiger partial charge on any atom is -0.370 e. The van der Waals surface area contributed by atoms with Gasteiger partial charge in [-0.2, -0.15) is 0 Å². The van der Waals surface area contributed by atoms with Crippen LogP contribution in [0.25, 0.3) is 0 Å². The topological polar surface area (TPSA) is 41.6 Å². The van der Waals surface area contributed by atoms with E-state index in [-0.39, 0.29) is 0 Å². The molecule has 0 atom stereocenters. The van der Waals surface area contributed by atoms with E-state index in [0.717, 1.165) is 6.54 Å². The molecule has 0 fully saturated rings. The molecule has 0 rings (SSSR count). The Bertz CT molecular complexity index is 150. The average Bonchev–Trinajstić information content (AvgIpc) is 1.98. The largest absolute Gasteiger partial charge is 0.370 e. The summed E-state index contributed by atoms with van der Waals surface area (Å²) in [5.41, 5.74) is 5.74. The van der Waals surface area contributed by atoms with Crippen LogP contribution in [0.2, 0.25) is 0 Å². The summed E-state index contributed by atoms with van der Waals surface area (Å²) in [7, 11) is 1.96. The van der Waals surface area contributed by atoms with E-state index in [2.05, 4.69) is 32.7 Å². The van der Waals surface area contributed by atoms with Crippen molar-refractivity contribution in [3.05, 3.63) is 0 Å². The monoisotopic (exact) mass is 171 g/mol. The molecule has 0 saturated carbocycles. The van der Waals surface area contributed by atoms with Crippen LogP contribution in [0.5, 0.6) is 0 Å². The summed E-state index contributed by atoms with van der Waals surface area (Å²) >= 11 is 0. The Hall–Kier alpha value is -0.730. The third-order valence-corrected chi connectivity index (χ3v) is 1.75. The lowest BCUT2D eigenvalue weighted by Crippen LogP contribution is -2.39. The van der Waals surface area contributed by atoms with Gasteiger partial charge in [0, 0.05) is 19.6 Å². The molecule has 2 N–H and O–H groups in total. The van der Waals surface area contributed by atoms with Gasteiger partial charge in [0.05, 0.1) is 0 Å². The van der Waals surface area contributed by atoms with Crippen LogP contribution in [-0.2, 0) is 0 Å². The molecule has 3 heteroatoms. The van der Waals surface area contributed by atoms with Gasteiger partial charge >= 0.3 is 0 Å². The highest BCUT2D eigenvalue weighted by Gasteiger charge is 2.04. The van der Waals surface area contributed by atoms with E-state index in [1.165, 1.54) is 0 Å². The normalized spacial score (nSPS) is 12.8. The molecule has 0 aliphatic heterocycles. The Labute approximate surface area is 75.7 Å². The Morgan fingerprint density at radius 2 is 1.83 bits per heavy atom. The Kier molecular flexibility index (Phi) is 4.71. The van der Waals surface area contributed by atoms with E-state index >= 15 is 0 Å². The molecule has 3 nitrogen and oxygen atoms in total. The highest BCUT2D eigenvalue weighted by Crippen LogP contribution is 1.95. The molecule has 0 aromatic rings. The summed E-state index contributed by atoms with van der Waals surface area (Å²) in [5.74, 6) is 1.21. The van der Waals surface area contributed by atoms with Crippen molar-refractivity contribution >= 4 is 5.96 Å². The highest BCUT2D eigenvalue weighted by molar-refractivity contribution is 5.78. The fourth-order valence-corrected chi connectivity index (χ4v) is 0.652. The van der Waals surface area contributed by atoms with Gasteiger partial charge in [0.25, 0.3) is 0 Å². The second-order valence-corrected chi connectivity index (χ2v) is 3.80. The maximum atomic E-state index is 5.74. The molecule has 0 unspecified atom stereocenters. The highest BCUT2D eigenvalue weighted by atomic mass is 15.2. The van der Waals surface area contributed by atoms with Crippen LogP contribution in [0.4, 0.5) is 0 Å². The van der Waals surface area contributed by atoms with Crippen LogP contribution in [0.3, 0.4) is 0 Å². The van der Waals surface area contributed by atoms with Gasteiger partial charge in [0.15, 0.2) is 5.96 Å². The molecule has 0 aromatic heterocycles. The Morgan fingerprint density at radius 3 is 2.17 bits per heavy atom. The number of aliphatic imine (C=N–C) groups is 1. The number of nitrogens with two attached hydrogens (primary N) is 1. The van der Waals surface area contributed by atoms with E-state index in [9.17, 15) is 0 Å². The first-order valence-electron chi connectivity index (χ1n) is 4.48. The quantitative estimate of drug-likeness (QED) is 0.513. The van der Waals surface area contributed by atoms with Gasteiger partial charge in [-0.25, -0.2) is 0 Å². The summed E-state index contributed by atoms with van der Waals surface area (Å²) in [6.07, 6.45) is 0. The Morgan fingerprint density at radius 1 is 1.33 bits per heavy atom. The van der Waals surface area contributed by atoms with Gasteiger partial charge in [-0.05, 0) is 19.8 Å². The van der Waals surface area contributed by atoms with Crippen molar-refractivity contribution in [2.24, 2.45) is 16.6 Å². The number of hydrogen-bond acceptors (Lipinski definition) is 1. The first-order valence-corrected chi connectivity index (χ1v) is 4.48. The molecule has 0 radical (unpaired) electrons. The third kappa shape index (κ3) is 4.21. The van der Waals surface area contributed by atoms with Crippen molar-refractivity contribution < 1.29 is 0 Å². The van der Waals surface area contributed by atoms with Gasteiger partial charge in [-0.1, -0.05) is 13.8 Å². The summed E-state index contributed by atoms with van der Waals surface area (Å²) < 4.78 is 0. The van der Waals surface area contributed by atoms with E-state index < -0.39 is 0 Å². The fourth-order valence-electron chi connectivity index (χ4n) is 0.652. The van der Waals surface area contributed by atoms with Crippen molar-refractivity contribution in [2.45, 2.75) is 33.7 Å². The zero-order valence-electron chi connectivity index (χ0n) is 8.83. The maximum absolute atomic E-state index is 5.74. The molecule has 0 amide bonds. The molecule has 0 spiro atoms. The lowest BCUT2D eigenvalue weighted by atomic mass is 10.2. The van der Waals surface area contributed by atoms with Crippen LogP contribution in [-0.4, -0.2) is 30.5 Å². The van der Waals surface area contributed by atoms with Gasteiger partial charge in [0.2, 0.25) is 0 Å². The van der Waals surface area contributed by atoms with Crippen LogP contribution in [0, 0.1) is 5.92 Å². The van der Waals surface area contributed by atoms with E-state index in [1.54, 1.807) is 0 Å². The van der Waals surface area contributed by atoms with Crippen molar-refractivity contribution in [1.82, 2.24) is 4.90 Å². The lowest BCUT2D eigenvalue weighted by Gasteiger charge is -2.22. The van der Waals surface area contributed by atoms with Gasteiger partial charge < -0.3 is 10.6 Å². The Balaban J connectivity index is 3.99. The predicted molar refractivity (Wildman–Crippen MR) is 54.2 cm³/mol. The minimum atomic E-state index is 0.418. The summed E-state index contributed by atoms with van der Waals surface area (Å²) in [5, 5.41) is 0. The van der Waals surface area contributed by atoms with E-state index in [1.807, 2.05) is 11.9 Å². The summed E-state index contributed by atoms with van der Waals surface area (Å²) in [6, 6.07) is 0.418. The second kappa shape index (κ2) is 5.01. The first-order chi connectivity index (χ1) is 5.45. The predicted octanol–water partition coefficient (Wildman–Crippen LogP) is 1.30. The fraction of sp³-hybridized carbons (Fsp3) is 0.889. The number of rotatable bonds is 3. The molecule has 0 heterocycles. The first kappa shape index (κ1) is 11.3. The van der Waals surface area contributed by atoms with Crippen molar-refractivity contribution in [2.75, 3.05) is 13.6 Å². The number of hydrogen-bond donors (Lipinski definition) is 1. The van der Waals surface area contributed by atoms with E-state index in [4.69, 9.17) is 5.73 Å². The zero-order chi connectivity index (χ0) is 9.72. The lowest BCUT2D eigenvalue weighted by molar-refractivity contribution is 0.410. The standard InChI is InChI=1S/C9H21N3/c1-7(2)6-11-9(10)12(5)8(3)4/h7-8H,6H2,1-5H3,(H2,10,11). The zero-order valence-corrected chi connectivity index (χ0v) is 8.83. The van der Waals surface area contributed by atoms with Crippen LogP contribution in [0.15, 0.2) is 4.99 Å². The average molecular weight is 171 g/mol. The molecule has 72 valence electrons. The maximum Gasteiger partial charge on any atom is 0.191 e. The smallest absolute Gasteiger partial charge is 0.191 e. The number of nitrogens with zero attached hydrogens (tertiary/aromatic N) is 2. The molecule has 12 heavy (non-hydrogen) atoms. The van der Waals surface area contributed by atoms with Crippen LogP contribution < -0.4 is 5.73 Å². The SMILES string of the molecule is CC(C)CN=C(N)N(C)C(C)C. The summed E-state index contributed by atoms with van der Waals surface area (Å²) in [4.78, 5) is 6.24. The third-order valence-electron chi connectivity index (χ3n) is 1.75.